The van der Waals surface area contributed by atoms with Crippen LogP contribution in [0, 0.1) is 3.70 Å². The smallest absolute Gasteiger partial charge is 0.114 e. The van der Waals surface area contributed by atoms with Crippen LogP contribution in [-0.2, 0) is 0 Å². The fraction of sp³-hybridized carbons (Fsp3) is 0.182. The van der Waals surface area contributed by atoms with E-state index in [2.05, 4.69) is 63.7 Å². The Hall–Kier alpha value is -0.840. The molecular weight excluding hydrogens is 287 g/mol. The maximum absolute atomic E-state index is 4.33. The minimum Gasteiger partial charge on any atom is -0.337 e. The molecule has 0 radical (unpaired) electrons. The molecule has 2 aromatic rings. The highest BCUT2D eigenvalue weighted by Crippen LogP contribution is 2.21. The van der Waals surface area contributed by atoms with Gasteiger partial charge in [0.2, 0.25) is 0 Å². The van der Waals surface area contributed by atoms with Crippen molar-refractivity contribution in [2.45, 2.75) is 12.8 Å². The van der Waals surface area contributed by atoms with Gasteiger partial charge in [-0.05, 0) is 28.2 Å². The maximum atomic E-state index is 4.33. The van der Waals surface area contributed by atoms with Gasteiger partial charge in [-0.25, -0.2) is 4.98 Å². The fourth-order valence-corrected chi connectivity index (χ4v) is 1.85. The van der Waals surface area contributed by atoms with Crippen molar-refractivity contribution in [2.75, 3.05) is 0 Å². The summed E-state index contributed by atoms with van der Waals surface area (Å²) in [6.45, 7) is 2.16. The summed E-state index contributed by atoms with van der Waals surface area (Å²) in [6, 6.07) is 10.4. The molecule has 1 N–H and O–H groups in total. The molecule has 2 rings (SSSR count). The van der Waals surface area contributed by atoms with Crippen LogP contribution in [0.5, 0.6) is 0 Å². The molecule has 2 nitrogen and oxygen atoms in total. The second kappa shape index (κ2) is 4.13. The van der Waals surface area contributed by atoms with Crippen molar-refractivity contribution in [3.05, 3.63) is 51.6 Å². The molecule has 72 valence electrons. The topological polar surface area (TPSA) is 28.7 Å². The molecule has 0 fully saturated rings. The third kappa shape index (κ3) is 1.97. The monoisotopic (exact) mass is 298 g/mol. The van der Waals surface area contributed by atoms with Crippen molar-refractivity contribution in [1.82, 2.24) is 9.97 Å². The van der Waals surface area contributed by atoms with Crippen LogP contribution in [0.15, 0.2) is 36.5 Å². The van der Waals surface area contributed by atoms with Gasteiger partial charge in [-0.1, -0.05) is 37.3 Å². The van der Waals surface area contributed by atoms with Gasteiger partial charge in [-0.15, -0.1) is 0 Å². The normalized spacial score (nSPS) is 12.7. The summed E-state index contributed by atoms with van der Waals surface area (Å²) in [5.41, 5.74) is 1.29. The second-order valence-electron chi connectivity index (χ2n) is 3.25. The zero-order valence-electron chi connectivity index (χ0n) is 7.87. The zero-order valence-corrected chi connectivity index (χ0v) is 10.0. The van der Waals surface area contributed by atoms with Gasteiger partial charge in [-0.3, -0.25) is 0 Å². The molecule has 1 aromatic carbocycles. The van der Waals surface area contributed by atoms with Crippen LogP contribution in [0.1, 0.15) is 24.2 Å². The summed E-state index contributed by atoms with van der Waals surface area (Å²) in [5.74, 6) is 1.36. The molecule has 0 amide bonds. The van der Waals surface area contributed by atoms with Crippen molar-refractivity contribution in [2.24, 2.45) is 0 Å². The molecule has 0 aliphatic heterocycles. The standard InChI is InChI=1S/C11H11IN2/c1-8(9-5-3-2-4-6-9)11-13-7-10(12)14-11/h2-8H,1H3,(H,13,14). The molecule has 1 heterocycles. The Morgan fingerprint density at radius 3 is 2.57 bits per heavy atom. The van der Waals surface area contributed by atoms with Crippen molar-refractivity contribution in [1.29, 1.82) is 0 Å². The van der Waals surface area contributed by atoms with Crippen molar-refractivity contribution >= 4 is 22.6 Å². The lowest BCUT2D eigenvalue weighted by atomic mass is 10.0. The van der Waals surface area contributed by atoms with Gasteiger partial charge in [0.05, 0.1) is 9.90 Å². The maximum Gasteiger partial charge on any atom is 0.114 e. The lowest BCUT2D eigenvalue weighted by Gasteiger charge is -2.07. The number of benzene rings is 1. The Morgan fingerprint density at radius 2 is 2.00 bits per heavy atom. The molecule has 1 atom stereocenters. The molecule has 0 bridgehead atoms. The molecule has 1 aromatic heterocycles. The number of halogens is 1. The summed E-state index contributed by atoms with van der Waals surface area (Å²) in [5, 5.41) is 0. The minimum absolute atomic E-state index is 0.333. The largest absolute Gasteiger partial charge is 0.337 e. The lowest BCUT2D eigenvalue weighted by Crippen LogP contribution is -1.97. The number of hydrogen-bond acceptors (Lipinski definition) is 1. The van der Waals surface area contributed by atoms with Gasteiger partial charge < -0.3 is 4.98 Å². The predicted molar refractivity (Wildman–Crippen MR) is 65.3 cm³/mol. The van der Waals surface area contributed by atoms with Crippen molar-refractivity contribution in [3.63, 3.8) is 0 Å². The van der Waals surface area contributed by atoms with Crippen molar-refractivity contribution in [3.8, 4) is 0 Å². The van der Waals surface area contributed by atoms with Crippen LogP contribution in [0.2, 0.25) is 0 Å². The lowest BCUT2D eigenvalue weighted by molar-refractivity contribution is 0.838. The number of aromatic amines is 1. The Labute approximate surface area is 96.9 Å². The Balaban J connectivity index is 2.29. The number of hydrogen-bond donors (Lipinski definition) is 1. The Kier molecular flexibility index (Phi) is 2.86. The number of nitrogens with zero attached hydrogens (tertiary/aromatic N) is 1. The summed E-state index contributed by atoms with van der Waals surface area (Å²) in [6.07, 6.45) is 1.86. The number of H-pyrrole nitrogens is 1. The quantitative estimate of drug-likeness (QED) is 0.848. The highest BCUT2D eigenvalue weighted by atomic mass is 127. The number of rotatable bonds is 2. The average Bonchev–Trinajstić information content (AvgIpc) is 2.65. The number of imidazole rings is 1. The minimum atomic E-state index is 0.333. The molecule has 14 heavy (non-hydrogen) atoms. The van der Waals surface area contributed by atoms with Gasteiger partial charge in [-0.2, -0.15) is 0 Å². The van der Waals surface area contributed by atoms with Gasteiger partial charge >= 0.3 is 0 Å². The first kappa shape index (κ1) is 9.71. The molecular formula is C11H11IN2. The van der Waals surface area contributed by atoms with E-state index in [0.29, 0.717) is 5.92 Å². The van der Waals surface area contributed by atoms with E-state index in [9.17, 15) is 0 Å². The van der Waals surface area contributed by atoms with Crippen molar-refractivity contribution < 1.29 is 0 Å². The van der Waals surface area contributed by atoms with E-state index in [4.69, 9.17) is 0 Å². The molecule has 0 aliphatic rings. The highest BCUT2D eigenvalue weighted by Gasteiger charge is 2.10. The molecule has 3 heteroatoms. The van der Waals surface area contributed by atoms with Crippen LogP contribution in [0.3, 0.4) is 0 Å². The van der Waals surface area contributed by atoms with E-state index in [0.717, 1.165) is 9.53 Å². The van der Waals surface area contributed by atoms with Crippen LogP contribution >= 0.6 is 22.6 Å². The van der Waals surface area contributed by atoms with E-state index in [1.54, 1.807) is 0 Å². The predicted octanol–water partition coefficient (Wildman–Crippen LogP) is 3.17. The Morgan fingerprint density at radius 1 is 1.29 bits per heavy atom. The van der Waals surface area contributed by atoms with E-state index in [1.807, 2.05) is 12.3 Å². The van der Waals surface area contributed by atoms with E-state index < -0.39 is 0 Å². The third-order valence-electron chi connectivity index (χ3n) is 2.27. The van der Waals surface area contributed by atoms with Gasteiger partial charge in [0.1, 0.15) is 5.82 Å². The SMILES string of the molecule is CC(c1ccccc1)c1ncc(I)[nH]1. The number of nitrogens with one attached hydrogen (secondary N) is 1. The first-order valence-electron chi connectivity index (χ1n) is 4.52. The Bertz CT molecular complexity index is 408. The van der Waals surface area contributed by atoms with E-state index in [-0.39, 0.29) is 0 Å². The zero-order chi connectivity index (χ0) is 9.97. The van der Waals surface area contributed by atoms with E-state index >= 15 is 0 Å². The summed E-state index contributed by atoms with van der Waals surface area (Å²) >= 11 is 2.24. The van der Waals surface area contributed by atoms with Gasteiger partial charge in [0.25, 0.3) is 0 Å². The first-order chi connectivity index (χ1) is 6.77. The summed E-state index contributed by atoms with van der Waals surface area (Å²) < 4.78 is 1.08. The number of aromatic nitrogens is 2. The fourth-order valence-electron chi connectivity index (χ4n) is 1.43. The summed E-state index contributed by atoms with van der Waals surface area (Å²) in [7, 11) is 0. The average molecular weight is 298 g/mol. The third-order valence-corrected chi connectivity index (χ3v) is 2.82. The summed E-state index contributed by atoms with van der Waals surface area (Å²) in [4.78, 5) is 7.58. The molecule has 1 unspecified atom stereocenters. The van der Waals surface area contributed by atoms with E-state index in [1.165, 1.54) is 5.56 Å². The first-order valence-corrected chi connectivity index (χ1v) is 5.60. The highest BCUT2D eigenvalue weighted by molar-refractivity contribution is 14.1. The van der Waals surface area contributed by atoms with Crippen LogP contribution in [0.25, 0.3) is 0 Å². The molecule has 0 saturated carbocycles. The van der Waals surface area contributed by atoms with Gasteiger partial charge in [0.15, 0.2) is 0 Å². The molecule has 0 spiro atoms. The van der Waals surface area contributed by atoms with Crippen LogP contribution < -0.4 is 0 Å². The van der Waals surface area contributed by atoms with Crippen LogP contribution in [-0.4, -0.2) is 9.97 Å². The van der Waals surface area contributed by atoms with Gasteiger partial charge in [0, 0.05) is 5.92 Å². The molecule has 0 saturated heterocycles. The molecule has 0 aliphatic carbocycles. The van der Waals surface area contributed by atoms with Crippen LogP contribution in [0.4, 0.5) is 0 Å². The second-order valence-corrected chi connectivity index (χ2v) is 4.41.